The summed E-state index contributed by atoms with van der Waals surface area (Å²) < 4.78 is 43.2. The number of thioether (sulfide) groups is 2. The van der Waals surface area contributed by atoms with E-state index in [0.29, 0.717) is 86.8 Å². The molecule has 3 aliphatic carbocycles. The Morgan fingerprint density at radius 2 is 0.984 bits per heavy atom. The number of carbonyl (C=O) groups is 8. The summed E-state index contributed by atoms with van der Waals surface area (Å²) in [5.41, 5.74) is -0.376. The fourth-order valence-electron chi connectivity index (χ4n) is 7.50. The van der Waals surface area contributed by atoms with Crippen molar-refractivity contribution in [3.8, 4) is 11.5 Å². The van der Waals surface area contributed by atoms with E-state index in [-0.39, 0.29) is 77.7 Å². The van der Waals surface area contributed by atoms with Crippen molar-refractivity contribution in [2.75, 3.05) is 26.4 Å². The Kier molecular flexibility index (Phi) is 18.2. The molecule has 1 heterocycles. The number of hydrogen-bond acceptors (Lipinski definition) is 18. The average Bonchev–Trinajstić information content (AvgIpc) is 3.73. The number of nitrogens with zero attached hydrogens (tertiary/aromatic N) is 1. The van der Waals surface area contributed by atoms with E-state index < -0.39 is 53.8 Å². The molecule has 19 heteroatoms. The van der Waals surface area contributed by atoms with Crippen LogP contribution in [0.2, 0.25) is 0 Å². The van der Waals surface area contributed by atoms with E-state index in [2.05, 4.69) is 18.0 Å². The van der Waals surface area contributed by atoms with Gasteiger partial charge in [0.05, 0.1) is 44.3 Å². The van der Waals surface area contributed by atoms with Gasteiger partial charge in [0, 0.05) is 19.1 Å². The number of carbonyl (C=O) groups excluding carboxylic acids is 8. The third-order valence-corrected chi connectivity index (χ3v) is 13.4. The lowest BCUT2D eigenvalue weighted by molar-refractivity contribution is -0.161. The first-order valence-corrected chi connectivity index (χ1v) is 22.3. The van der Waals surface area contributed by atoms with Gasteiger partial charge in [0.2, 0.25) is 0 Å². The molecule has 63 heavy (non-hydrogen) atoms. The Morgan fingerprint density at radius 1 is 0.587 bits per heavy atom. The third-order valence-electron chi connectivity index (χ3n) is 10.8. The second kappa shape index (κ2) is 23.7. The van der Waals surface area contributed by atoms with Crippen LogP contribution in [-0.4, -0.2) is 86.4 Å². The minimum atomic E-state index is -0.976. The van der Waals surface area contributed by atoms with E-state index in [4.69, 9.17) is 44.5 Å². The molecule has 338 valence electrons. The summed E-state index contributed by atoms with van der Waals surface area (Å²) >= 11 is 1.96. The molecular weight excluding hydrogens is 863 g/mol. The molecule has 0 bridgehead atoms. The summed E-state index contributed by atoms with van der Waals surface area (Å²) in [7, 11) is 0. The number of ether oxygens (including phenoxy) is 8. The van der Waals surface area contributed by atoms with Gasteiger partial charge < -0.3 is 37.9 Å². The summed E-state index contributed by atoms with van der Waals surface area (Å²) in [5, 5.41) is 0. The highest BCUT2D eigenvalue weighted by atomic mass is 32.2. The quantitative estimate of drug-likeness (QED) is 0.0415. The molecule has 3 saturated carbocycles. The molecule has 1 aromatic carbocycles. The van der Waals surface area contributed by atoms with E-state index in [1.54, 1.807) is 0 Å². The minimum Gasteiger partial charge on any atom is -0.467 e. The molecule has 17 nitrogen and oxygen atoms in total. The van der Waals surface area contributed by atoms with Gasteiger partial charge in [0.25, 0.3) is 5.70 Å². The van der Waals surface area contributed by atoms with Crippen molar-refractivity contribution in [3.05, 3.63) is 58.8 Å². The first-order chi connectivity index (χ1) is 30.3. The van der Waals surface area contributed by atoms with E-state index >= 15 is 0 Å². The van der Waals surface area contributed by atoms with Gasteiger partial charge in [-0.25, -0.2) is 14.4 Å². The number of fused-ring (bicyclic) bond motifs is 1. The van der Waals surface area contributed by atoms with Gasteiger partial charge in [0.15, 0.2) is 0 Å². The molecule has 0 atom stereocenters. The van der Waals surface area contributed by atoms with Crippen LogP contribution in [0, 0.1) is 30.2 Å². The molecule has 1 aromatic rings. The van der Waals surface area contributed by atoms with Crippen molar-refractivity contribution in [3.63, 3.8) is 0 Å². The van der Waals surface area contributed by atoms with E-state index in [0.717, 1.165) is 35.7 Å². The van der Waals surface area contributed by atoms with Crippen LogP contribution in [0.25, 0.3) is 4.85 Å². The first kappa shape index (κ1) is 48.4. The normalized spacial score (nSPS) is 23.5. The van der Waals surface area contributed by atoms with Gasteiger partial charge in [-0.15, -0.1) is 0 Å². The van der Waals surface area contributed by atoms with Crippen LogP contribution < -0.4 is 9.47 Å². The maximum Gasteiger partial charge on any atom is 0.338 e. The third kappa shape index (κ3) is 13.9. The first-order valence-electron chi connectivity index (χ1n) is 20.7. The van der Waals surface area contributed by atoms with Gasteiger partial charge in [-0.05, 0) is 89.2 Å². The lowest BCUT2D eigenvalue weighted by Gasteiger charge is -2.30. The summed E-state index contributed by atoms with van der Waals surface area (Å²) in [6.45, 7) is 15.0. The molecule has 3 fully saturated rings. The van der Waals surface area contributed by atoms with Gasteiger partial charge in [-0.2, -0.15) is 0 Å². The molecule has 0 unspecified atom stereocenters. The van der Waals surface area contributed by atoms with Crippen LogP contribution in [0.1, 0.15) is 84.0 Å². The fraction of sp³-hybridized carbons (Fsp3) is 0.523. The Morgan fingerprint density at radius 3 is 1.43 bits per heavy atom. The minimum absolute atomic E-state index is 0.0649. The molecule has 0 N–H and O–H groups in total. The van der Waals surface area contributed by atoms with Crippen LogP contribution in [0.4, 0.5) is 0 Å². The van der Waals surface area contributed by atoms with Crippen molar-refractivity contribution in [1.29, 1.82) is 0 Å². The highest BCUT2D eigenvalue weighted by Crippen LogP contribution is 2.59. The van der Waals surface area contributed by atoms with Crippen LogP contribution in [0.5, 0.6) is 11.5 Å². The fourth-order valence-corrected chi connectivity index (χ4v) is 10.0. The molecule has 4 aliphatic rings. The smallest absolute Gasteiger partial charge is 0.338 e. The molecule has 1 aliphatic heterocycles. The Labute approximate surface area is 372 Å². The van der Waals surface area contributed by atoms with Crippen molar-refractivity contribution in [2.24, 2.45) is 23.7 Å². The monoisotopic (exact) mass is 911 g/mol. The zero-order valence-electron chi connectivity index (χ0n) is 34.8. The zero-order valence-corrected chi connectivity index (χ0v) is 36.4. The second-order valence-corrected chi connectivity index (χ2v) is 17.4. The van der Waals surface area contributed by atoms with E-state index in [1.807, 2.05) is 0 Å². The maximum absolute atomic E-state index is 13.6. The lowest BCUT2D eigenvalue weighted by Crippen LogP contribution is -2.33. The zero-order chi connectivity index (χ0) is 45.5. The summed E-state index contributed by atoms with van der Waals surface area (Å²) in [4.78, 5) is 103. The Bertz CT molecular complexity index is 2020. The van der Waals surface area contributed by atoms with Crippen LogP contribution in [-0.2, 0) is 66.8 Å². The van der Waals surface area contributed by atoms with E-state index in [9.17, 15) is 38.4 Å². The summed E-state index contributed by atoms with van der Waals surface area (Å²) in [6.07, 6.45) is 6.68. The number of esters is 8. The topological polar surface area (TPSA) is 215 Å². The lowest BCUT2D eigenvalue weighted by atomic mass is 9.82. The highest BCUT2D eigenvalue weighted by Gasteiger charge is 2.37. The van der Waals surface area contributed by atoms with Crippen LogP contribution in [0.15, 0.2) is 57.2 Å². The van der Waals surface area contributed by atoms with Crippen molar-refractivity contribution < 1.29 is 76.3 Å². The van der Waals surface area contributed by atoms with Crippen molar-refractivity contribution in [2.45, 2.75) is 106 Å². The molecule has 0 aromatic heterocycles. The molecule has 0 amide bonds. The Hall–Kier alpha value is -5.61. The maximum atomic E-state index is 13.6. The van der Waals surface area contributed by atoms with Gasteiger partial charge >= 0.3 is 47.8 Å². The van der Waals surface area contributed by atoms with Crippen molar-refractivity contribution in [1.82, 2.24) is 0 Å². The predicted octanol–water partition coefficient (Wildman–Crippen LogP) is 6.36. The van der Waals surface area contributed by atoms with Gasteiger partial charge in [0.1, 0.15) is 50.1 Å². The molecule has 5 rings (SSSR count). The van der Waals surface area contributed by atoms with E-state index in [1.165, 1.54) is 19.1 Å². The van der Waals surface area contributed by atoms with Gasteiger partial charge in [-0.1, -0.05) is 36.7 Å². The largest absolute Gasteiger partial charge is 0.467 e. The molecule has 0 radical (unpaired) electrons. The van der Waals surface area contributed by atoms with Crippen molar-refractivity contribution >= 4 is 71.3 Å². The SMILES string of the molecule is [C-]#[N+]/C(C(=O)OCCOC(=O)C=C)=C1/Sc2c(OC(=O)C3CCC(OC(C)=O)CC3)ccc(OC(=O)C3CCC(OC(=O)C4CCC(C(=O)OCCOC(=O)C=C)CC4)CC3)c2S1. The molecule has 0 spiro atoms. The highest BCUT2D eigenvalue weighted by molar-refractivity contribution is 8.24. The number of rotatable bonds is 17. The Balaban J connectivity index is 1.17. The predicted molar refractivity (Wildman–Crippen MR) is 222 cm³/mol. The van der Waals surface area contributed by atoms with Crippen LogP contribution >= 0.6 is 23.5 Å². The van der Waals surface area contributed by atoms with Crippen LogP contribution in [0.3, 0.4) is 0 Å². The summed E-state index contributed by atoms with van der Waals surface area (Å²) in [5.74, 6) is -5.88. The standard InChI is InChI=1S/C44H49NO16S2/c1-5-34(47)54-21-23-56-39(49)26-7-9-27(10-8-26)40(50)59-31-17-13-29(14-18-31)42(52)61-33-20-19-32(60-41(51)28-11-15-30(16-12-28)58-25(3)46)37-38(33)63-44(62-37)36(45-4)43(53)57-24-22-55-35(48)6-2/h5-6,19-20,26-31H,1-2,7-18,21-24H2,3H3/b44-36-. The van der Waals surface area contributed by atoms with Gasteiger partial charge in [-0.3, -0.25) is 28.8 Å². The average molecular weight is 912 g/mol. The number of hydrogen-bond donors (Lipinski definition) is 0. The molecule has 0 saturated heterocycles. The second-order valence-electron chi connectivity index (χ2n) is 15.1. The molecular formula is C44H49NO16S2. The number of benzene rings is 1. The summed E-state index contributed by atoms with van der Waals surface area (Å²) in [6, 6.07) is 2.97.